The maximum Gasteiger partial charge on any atom is 0.242 e. The first-order chi connectivity index (χ1) is 10.4. The smallest absolute Gasteiger partial charge is 0.242 e. The monoisotopic (exact) mass is 324 g/mol. The van der Waals surface area contributed by atoms with E-state index in [-0.39, 0.29) is 35.3 Å². The second-order valence-corrected chi connectivity index (χ2v) is 7.40. The standard InChI is InChI=1S/C15H20N2O4S/c1-12-15(19)16-9-10-17(12)14(18)8-5-11-22(20,21)13-6-3-2-4-7-13/h2-4,6-7,12H,5,8-11H2,1H3,(H,16,19). The maximum atomic E-state index is 12.1. The maximum absolute atomic E-state index is 12.1. The third-order valence-corrected chi connectivity index (χ3v) is 5.54. The zero-order valence-corrected chi connectivity index (χ0v) is 13.3. The van der Waals surface area contributed by atoms with E-state index in [1.54, 1.807) is 37.3 Å². The van der Waals surface area contributed by atoms with Crippen molar-refractivity contribution >= 4 is 21.7 Å². The highest BCUT2D eigenvalue weighted by atomic mass is 32.2. The van der Waals surface area contributed by atoms with Gasteiger partial charge in [0.05, 0.1) is 10.6 Å². The Balaban J connectivity index is 1.88. The van der Waals surface area contributed by atoms with Crippen LogP contribution in [0.3, 0.4) is 0 Å². The first kappa shape index (κ1) is 16.5. The van der Waals surface area contributed by atoms with Crippen LogP contribution in [0.2, 0.25) is 0 Å². The van der Waals surface area contributed by atoms with Gasteiger partial charge in [0.25, 0.3) is 0 Å². The molecule has 2 amide bonds. The molecule has 1 aliphatic rings. The number of sulfone groups is 1. The fourth-order valence-electron chi connectivity index (χ4n) is 2.43. The predicted octanol–water partition coefficient (Wildman–Crippen LogP) is 0.587. The highest BCUT2D eigenvalue weighted by Gasteiger charge is 2.29. The quantitative estimate of drug-likeness (QED) is 0.859. The van der Waals surface area contributed by atoms with Gasteiger partial charge in [-0.1, -0.05) is 18.2 Å². The van der Waals surface area contributed by atoms with Crippen LogP contribution in [0.1, 0.15) is 19.8 Å². The highest BCUT2D eigenvalue weighted by Crippen LogP contribution is 2.13. The summed E-state index contributed by atoms with van der Waals surface area (Å²) in [5.41, 5.74) is 0. The third-order valence-electron chi connectivity index (χ3n) is 3.73. The predicted molar refractivity (Wildman–Crippen MR) is 81.9 cm³/mol. The SMILES string of the molecule is CC1C(=O)NCCN1C(=O)CCCS(=O)(=O)c1ccccc1. The molecule has 0 saturated carbocycles. The lowest BCUT2D eigenvalue weighted by molar-refractivity contribution is -0.142. The molecule has 0 bridgehead atoms. The summed E-state index contributed by atoms with van der Waals surface area (Å²) in [6.07, 6.45) is 0.380. The van der Waals surface area contributed by atoms with Gasteiger partial charge >= 0.3 is 0 Å². The number of rotatable bonds is 5. The molecule has 0 spiro atoms. The molecule has 1 aromatic rings. The van der Waals surface area contributed by atoms with Crippen LogP contribution in [-0.4, -0.2) is 50.0 Å². The molecular formula is C15H20N2O4S. The van der Waals surface area contributed by atoms with Crippen LogP contribution in [0.15, 0.2) is 35.2 Å². The summed E-state index contributed by atoms with van der Waals surface area (Å²) < 4.78 is 24.2. The van der Waals surface area contributed by atoms with Crippen molar-refractivity contribution < 1.29 is 18.0 Å². The summed E-state index contributed by atoms with van der Waals surface area (Å²) >= 11 is 0. The van der Waals surface area contributed by atoms with Crippen molar-refractivity contribution in [2.75, 3.05) is 18.8 Å². The molecule has 1 saturated heterocycles. The first-order valence-corrected chi connectivity index (χ1v) is 8.92. The van der Waals surface area contributed by atoms with Crippen molar-refractivity contribution in [3.8, 4) is 0 Å². The molecule has 0 aliphatic carbocycles. The van der Waals surface area contributed by atoms with E-state index in [4.69, 9.17) is 0 Å². The molecule has 0 radical (unpaired) electrons. The van der Waals surface area contributed by atoms with Crippen molar-refractivity contribution in [1.82, 2.24) is 10.2 Å². The van der Waals surface area contributed by atoms with Crippen molar-refractivity contribution in [2.24, 2.45) is 0 Å². The average Bonchev–Trinajstić information content (AvgIpc) is 2.50. The van der Waals surface area contributed by atoms with Crippen LogP contribution >= 0.6 is 0 Å². The van der Waals surface area contributed by atoms with E-state index < -0.39 is 15.9 Å². The van der Waals surface area contributed by atoms with E-state index in [9.17, 15) is 18.0 Å². The normalized spacial score (nSPS) is 18.9. The number of nitrogens with one attached hydrogen (secondary N) is 1. The number of nitrogens with zero attached hydrogens (tertiary/aromatic N) is 1. The van der Waals surface area contributed by atoms with Gasteiger partial charge in [0.1, 0.15) is 6.04 Å². The average molecular weight is 324 g/mol. The second-order valence-electron chi connectivity index (χ2n) is 5.29. The van der Waals surface area contributed by atoms with E-state index in [2.05, 4.69) is 5.32 Å². The van der Waals surface area contributed by atoms with Gasteiger partial charge in [0.2, 0.25) is 11.8 Å². The van der Waals surface area contributed by atoms with Crippen molar-refractivity contribution in [3.05, 3.63) is 30.3 Å². The van der Waals surface area contributed by atoms with Crippen molar-refractivity contribution in [3.63, 3.8) is 0 Å². The van der Waals surface area contributed by atoms with Gasteiger partial charge in [-0.05, 0) is 25.5 Å². The Bertz CT molecular complexity index is 643. The van der Waals surface area contributed by atoms with E-state index in [0.29, 0.717) is 13.1 Å². The van der Waals surface area contributed by atoms with Crippen molar-refractivity contribution in [1.29, 1.82) is 0 Å². The van der Waals surface area contributed by atoms with E-state index in [1.165, 1.54) is 4.90 Å². The lowest BCUT2D eigenvalue weighted by Gasteiger charge is -2.32. The molecule has 1 atom stereocenters. The van der Waals surface area contributed by atoms with E-state index in [1.807, 2.05) is 0 Å². The fourth-order valence-corrected chi connectivity index (χ4v) is 3.76. The molecule has 120 valence electrons. The Morgan fingerprint density at radius 2 is 2.00 bits per heavy atom. The first-order valence-electron chi connectivity index (χ1n) is 7.27. The minimum absolute atomic E-state index is 0.0723. The minimum atomic E-state index is -3.36. The van der Waals surface area contributed by atoms with Crippen molar-refractivity contribution in [2.45, 2.75) is 30.7 Å². The molecule has 1 unspecified atom stereocenters. The van der Waals surface area contributed by atoms with Gasteiger partial charge in [-0.3, -0.25) is 9.59 Å². The molecule has 2 rings (SSSR count). The lowest BCUT2D eigenvalue weighted by Crippen LogP contribution is -2.55. The Hall–Kier alpha value is -1.89. The topological polar surface area (TPSA) is 83.6 Å². The Labute approximate surface area is 130 Å². The summed E-state index contributed by atoms with van der Waals surface area (Å²) in [4.78, 5) is 25.4. The van der Waals surface area contributed by atoms with Crippen LogP contribution in [0.5, 0.6) is 0 Å². The molecule has 1 aliphatic heterocycles. The number of amides is 2. The highest BCUT2D eigenvalue weighted by molar-refractivity contribution is 7.91. The van der Waals surface area contributed by atoms with Gasteiger partial charge < -0.3 is 10.2 Å². The lowest BCUT2D eigenvalue weighted by atomic mass is 10.2. The Kier molecular flexibility index (Phi) is 5.18. The van der Waals surface area contributed by atoms with Gasteiger partial charge in [-0.25, -0.2) is 8.42 Å². The minimum Gasteiger partial charge on any atom is -0.353 e. The number of piperazine rings is 1. The van der Waals surface area contributed by atoms with Crippen LogP contribution < -0.4 is 5.32 Å². The van der Waals surface area contributed by atoms with Crippen LogP contribution in [0.4, 0.5) is 0 Å². The number of benzene rings is 1. The van der Waals surface area contributed by atoms with Gasteiger partial charge in [0.15, 0.2) is 9.84 Å². The largest absolute Gasteiger partial charge is 0.353 e. The summed E-state index contributed by atoms with van der Waals surface area (Å²) in [7, 11) is -3.36. The van der Waals surface area contributed by atoms with Crippen LogP contribution in [-0.2, 0) is 19.4 Å². The molecule has 1 N–H and O–H groups in total. The van der Waals surface area contributed by atoms with Crippen LogP contribution in [0, 0.1) is 0 Å². The summed E-state index contributed by atoms with van der Waals surface area (Å²) in [5, 5.41) is 2.69. The third kappa shape index (κ3) is 3.85. The molecule has 0 aromatic heterocycles. The van der Waals surface area contributed by atoms with Gasteiger partial charge in [-0.2, -0.15) is 0 Å². The molecule has 22 heavy (non-hydrogen) atoms. The zero-order valence-electron chi connectivity index (χ0n) is 12.5. The molecule has 1 aromatic carbocycles. The number of hydrogen-bond donors (Lipinski definition) is 1. The van der Waals surface area contributed by atoms with E-state index >= 15 is 0 Å². The molecule has 1 heterocycles. The van der Waals surface area contributed by atoms with Gasteiger partial charge in [0, 0.05) is 19.5 Å². The molecule has 6 nitrogen and oxygen atoms in total. The number of carbonyl (C=O) groups is 2. The Morgan fingerprint density at radius 3 is 2.68 bits per heavy atom. The van der Waals surface area contributed by atoms with Gasteiger partial charge in [-0.15, -0.1) is 0 Å². The summed E-state index contributed by atoms with van der Waals surface area (Å²) in [6.45, 7) is 2.58. The molecule has 1 fully saturated rings. The van der Waals surface area contributed by atoms with E-state index in [0.717, 1.165) is 0 Å². The molecular weight excluding hydrogens is 304 g/mol. The fraction of sp³-hybridized carbons (Fsp3) is 0.467. The van der Waals surface area contributed by atoms with Crippen LogP contribution in [0.25, 0.3) is 0 Å². The number of carbonyl (C=O) groups excluding carboxylic acids is 2. The summed E-state index contributed by atoms with van der Waals surface area (Å²) in [6, 6.07) is 7.71. The Morgan fingerprint density at radius 1 is 1.32 bits per heavy atom. The molecule has 7 heteroatoms. The number of hydrogen-bond acceptors (Lipinski definition) is 4. The summed E-state index contributed by atoms with van der Waals surface area (Å²) in [5.74, 6) is -0.418. The zero-order chi connectivity index (χ0) is 16.2. The second kappa shape index (κ2) is 6.91.